The summed E-state index contributed by atoms with van der Waals surface area (Å²) in [6.07, 6.45) is 0. The van der Waals surface area contributed by atoms with Crippen molar-refractivity contribution in [2.45, 2.75) is 17.5 Å². The van der Waals surface area contributed by atoms with E-state index in [0.29, 0.717) is 27.9 Å². The van der Waals surface area contributed by atoms with Crippen LogP contribution in [-0.2, 0) is 5.75 Å². The summed E-state index contributed by atoms with van der Waals surface area (Å²) in [6, 6.07) is 13.5. The lowest BCUT2D eigenvalue weighted by Gasteiger charge is -2.08. The molecule has 0 aliphatic rings. The van der Waals surface area contributed by atoms with Crippen molar-refractivity contribution in [1.29, 1.82) is 0 Å². The lowest BCUT2D eigenvalue weighted by molar-refractivity contribution is 0.0656. The van der Waals surface area contributed by atoms with E-state index < -0.39 is 12.2 Å². The Kier molecular flexibility index (Phi) is 4.54. The van der Waals surface area contributed by atoms with E-state index in [1.807, 2.05) is 12.1 Å². The van der Waals surface area contributed by atoms with Crippen molar-refractivity contribution in [2.24, 2.45) is 0 Å². The topological polar surface area (TPSA) is 48.0 Å². The number of halogens is 3. The van der Waals surface area contributed by atoms with E-state index in [1.165, 1.54) is 6.07 Å². The predicted molar refractivity (Wildman–Crippen MR) is 101 cm³/mol. The minimum atomic E-state index is -2.70. The highest BCUT2D eigenvalue weighted by atomic mass is 79.9. The highest BCUT2D eigenvalue weighted by molar-refractivity contribution is 9.10. The molecule has 0 aliphatic carbocycles. The Morgan fingerprint density at radius 3 is 2.81 bits per heavy atom. The zero-order valence-electron chi connectivity index (χ0n) is 13.2. The van der Waals surface area contributed by atoms with Crippen LogP contribution < -0.4 is 5.63 Å². The Labute approximate surface area is 159 Å². The molecular formula is C18H11BrF2N2O2S. The summed E-state index contributed by atoms with van der Waals surface area (Å²) in [7, 11) is 0. The van der Waals surface area contributed by atoms with Gasteiger partial charge in [0, 0.05) is 21.7 Å². The summed E-state index contributed by atoms with van der Waals surface area (Å²) < 4.78 is 33.9. The second-order valence-corrected chi connectivity index (χ2v) is 7.41. The van der Waals surface area contributed by atoms with E-state index in [4.69, 9.17) is 4.42 Å². The highest BCUT2D eigenvalue weighted by Crippen LogP contribution is 2.32. The standard InChI is InChI=1S/C18H11BrF2N2O2S/c19-11-5-6-12-10(7-16(24)25-15(12)8-11)9-26-18-22-13-3-1-2-4-14(13)23(18)17(20)21/h1-8,17H,9H2. The second kappa shape index (κ2) is 6.85. The number of nitrogens with zero attached hydrogens (tertiary/aromatic N) is 2. The van der Waals surface area contributed by atoms with Crippen molar-refractivity contribution in [3.8, 4) is 0 Å². The largest absolute Gasteiger partial charge is 0.423 e. The van der Waals surface area contributed by atoms with E-state index in [-0.39, 0.29) is 5.16 Å². The summed E-state index contributed by atoms with van der Waals surface area (Å²) in [4.78, 5) is 16.1. The number of hydrogen-bond donors (Lipinski definition) is 0. The van der Waals surface area contributed by atoms with Crippen LogP contribution in [0, 0.1) is 0 Å². The molecule has 0 unspecified atom stereocenters. The Morgan fingerprint density at radius 1 is 1.19 bits per heavy atom. The van der Waals surface area contributed by atoms with Gasteiger partial charge in [-0.25, -0.2) is 9.78 Å². The summed E-state index contributed by atoms with van der Waals surface area (Å²) >= 11 is 4.50. The SMILES string of the molecule is O=c1cc(CSc2nc3ccccc3n2C(F)F)c2ccc(Br)cc2o1. The van der Waals surface area contributed by atoms with Gasteiger partial charge in [-0.2, -0.15) is 8.78 Å². The quantitative estimate of drug-likeness (QED) is 0.309. The predicted octanol–water partition coefficient (Wildman–Crippen LogP) is 5.59. The van der Waals surface area contributed by atoms with E-state index in [1.54, 1.807) is 30.3 Å². The summed E-state index contributed by atoms with van der Waals surface area (Å²) in [5.74, 6) is 0.319. The minimum Gasteiger partial charge on any atom is -0.423 e. The maximum Gasteiger partial charge on any atom is 0.336 e. The second-order valence-electron chi connectivity index (χ2n) is 5.55. The maximum absolute atomic E-state index is 13.5. The molecule has 0 bridgehead atoms. The minimum absolute atomic E-state index is 0.208. The van der Waals surface area contributed by atoms with Gasteiger partial charge in [-0.1, -0.05) is 39.8 Å². The van der Waals surface area contributed by atoms with Crippen LogP contribution in [0.25, 0.3) is 22.0 Å². The molecule has 0 aliphatic heterocycles. The zero-order valence-corrected chi connectivity index (χ0v) is 15.6. The number of thioether (sulfide) groups is 1. The Hall–Kier alpha value is -2.19. The highest BCUT2D eigenvalue weighted by Gasteiger charge is 2.18. The molecule has 0 radical (unpaired) electrons. The molecule has 0 N–H and O–H groups in total. The first-order chi connectivity index (χ1) is 12.5. The third kappa shape index (κ3) is 3.14. The van der Waals surface area contributed by atoms with Crippen molar-refractivity contribution < 1.29 is 13.2 Å². The first-order valence-electron chi connectivity index (χ1n) is 7.63. The lowest BCUT2D eigenvalue weighted by atomic mass is 10.1. The molecule has 132 valence electrons. The molecule has 26 heavy (non-hydrogen) atoms. The van der Waals surface area contributed by atoms with Gasteiger partial charge in [0.25, 0.3) is 0 Å². The molecule has 0 saturated heterocycles. The monoisotopic (exact) mass is 436 g/mol. The zero-order chi connectivity index (χ0) is 18.3. The van der Waals surface area contributed by atoms with Crippen LogP contribution >= 0.6 is 27.7 Å². The van der Waals surface area contributed by atoms with Gasteiger partial charge in [0.2, 0.25) is 0 Å². The molecule has 0 spiro atoms. The molecule has 2 heterocycles. The molecule has 0 saturated carbocycles. The van der Waals surface area contributed by atoms with Gasteiger partial charge >= 0.3 is 12.2 Å². The molecular weight excluding hydrogens is 426 g/mol. The molecule has 0 amide bonds. The fourth-order valence-corrected chi connectivity index (χ4v) is 4.12. The number of hydrogen-bond acceptors (Lipinski definition) is 4. The molecule has 2 aromatic heterocycles. The summed E-state index contributed by atoms with van der Waals surface area (Å²) in [6.45, 7) is -2.70. The van der Waals surface area contributed by atoms with Crippen molar-refractivity contribution in [3.05, 3.63) is 69.0 Å². The fraction of sp³-hybridized carbons (Fsp3) is 0.111. The van der Waals surface area contributed by atoms with Gasteiger partial charge in [0.1, 0.15) is 5.58 Å². The van der Waals surface area contributed by atoms with E-state index >= 15 is 0 Å². The van der Waals surface area contributed by atoms with Crippen LogP contribution in [-0.4, -0.2) is 9.55 Å². The Morgan fingerprint density at radius 2 is 2.00 bits per heavy atom. The van der Waals surface area contributed by atoms with Gasteiger partial charge in [0.15, 0.2) is 5.16 Å². The fourth-order valence-electron chi connectivity index (χ4n) is 2.78. The van der Waals surface area contributed by atoms with Crippen LogP contribution in [0.3, 0.4) is 0 Å². The maximum atomic E-state index is 13.5. The van der Waals surface area contributed by atoms with Crippen LogP contribution in [0.4, 0.5) is 8.78 Å². The normalized spacial score (nSPS) is 11.7. The van der Waals surface area contributed by atoms with E-state index in [2.05, 4.69) is 20.9 Å². The number of fused-ring (bicyclic) bond motifs is 2. The smallest absolute Gasteiger partial charge is 0.336 e. The number of aromatic nitrogens is 2. The molecule has 0 fully saturated rings. The van der Waals surface area contributed by atoms with E-state index in [0.717, 1.165) is 26.2 Å². The first-order valence-corrected chi connectivity index (χ1v) is 9.41. The van der Waals surface area contributed by atoms with Gasteiger partial charge in [-0.15, -0.1) is 0 Å². The van der Waals surface area contributed by atoms with Crippen LogP contribution in [0.1, 0.15) is 12.1 Å². The van der Waals surface area contributed by atoms with E-state index in [9.17, 15) is 13.6 Å². The molecule has 4 nitrogen and oxygen atoms in total. The van der Waals surface area contributed by atoms with Crippen LogP contribution in [0.5, 0.6) is 0 Å². The molecule has 8 heteroatoms. The average molecular weight is 437 g/mol. The Bertz CT molecular complexity index is 1170. The molecule has 2 aromatic carbocycles. The van der Waals surface area contributed by atoms with Gasteiger partial charge < -0.3 is 4.42 Å². The summed E-state index contributed by atoms with van der Waals surface area (Å²) in [5.41, 5.74) is 1.57. The Balaban J connectivity index is 1.74. The van der Waals surface area contributed by atoms with Gasteiger partial charge in [-0.3, -0.25) is 4.57 Å². The molecule has 4 rings (SSSR count). The molecule has 0 atom stereocenters. The number of imidazole rings is 1. The van der Waals surface area contributed by atoms with Crippen LogP contribution in [0.2, 0.25) is 0 Å². The molecule has 4 aromatic rings. The van der Waals surface area contributed by atoms with Gasteiger partial charge in [0.05, 0.1) is 11.0 Å². The van der Waals surface area contributed by atoms with Crippen molar-refractivity contribution in [3.63, 3.8) is 0 Å². The third-order valence-corrected chi connectivity index (χ3v) is 5.40. The third-order valence-electron chi connectivity index (χ3n) is 3.91. The van der Waals surface area contributed by atoms with Crippen molar-refractivity contribution in [2.75, 3.05) is 0 Å². The van der Waals surface area contributed by atoms with Crippen LogP contribution in [0.15, 0.2) is 67.4 Å². The average Bonchev–Trinajstić information content (AvgIpc) is 2.97. The summed E-state index contributed by atoms with van der Waals surface area (Å²) in [5, 5.41) is 0.972. The number of rotatable bonds is 4. The first kappa shape index (κ1) is 17.2. The number of benzene rings is 2. The number of para-hydroxylation sites is 2. The van der Waals surface area contributed by atoms with Crippen molar-refractivity contribution in [1.82, 2.24) is 9.55 Å². The lowest BCUT2D eigenvalue weighted by Crippen LogP contribution is -2.02. The van der Waals surface area contributed by atoms with Gasteiger partial charge in [-0.05, 0) is 35.9 Å². The number of alkyl halides is 2. The van der Waals surface area contributed by atoms with Crippen molar-refractivity contribution >= 4 is 49.7 Å².